The van der Waals surface area contributed by atoms with E-state index in [1.54, 1.807) is 49.4 Å². The molecule has 1 N–H and O–H groups in total. The standard InChI is InChI=1S/C30H24N4O8S/c1-16-26(28(35)32-18-7-5-4-6-8-18)27(20-10-9-19(39-2)13-22(20)40-3)33-29(36)25(43-30(33)31-16)12-17-11-23-24(42-15-41-23)14-21(17)34(37)38/h4-14,27H,15H2,1-3H3,(H,32,35)/b25-12-/t27-/m0/s1. The van der Waals surface area contributed by atoms with Crippen LogP contribution in [0.2, 0.25) is 0 Å². The molecule has 13 heteroatoms. The van der Waals surface area contributed by atoms with Crippen LogP contribution in [0.25, 0.3) is 6.08 Å². The molecule has 2 aliphatic rings. The van der Waals surface area contributed by atoms with Gasteiger partial charge in [0.05, 0.1) is 46.6 Å². The lowest BCUT2D eigenvalue weighted by atomic mass is 9.94. The first-order chi connectivity index (χ1) is 20.8. The molecule has 6 rings (SSSR count). The van der Waals surface area contributed by atoms with Gasteiger partial charge in [-0.05, 0) is 43.3 Å². The molecule has 12 nitrogen and oxygen atoms in total. The van der Waals surface area contributed by atoms with Crippen molar-refractivity contribution in [2.24, 2.45) is 4.99 Å². The molecule has 3 heterocycles. The SMILES string of the molecule is COc1ccc([C@H]2C(C(=O)Nc3ccccc3)=C(C)N=c3s/c(=C\c4cc5c(cc4[N+](=O)[O-])OCO5)c(=O)n32)c(OC)c1. The fraction of sp³-hybridized carbons (Fsp3) is 0.167. The highest BCUT2D eigenvalue weighted by Gasteiger charge is 2.35. The highest BCUT2D eigenvalue weighted by molar-refractivity contribution is 7.07. The Bertz CT molecular complexity index is 2000. The molecule has 0 saturated carbocycles. The smallest absolute Gasteiger partial charge is 0.280 e. The van der Waals surface area contributed by atoms with Crippen molar-refractivity contribution in [1.29, 1.82) is 0 Å². The third-order valence-electron chi connectivity index (χ3n) is 7.04. The van der Waals surface area contributed by atoms with Crippen LogP contribution < -0.4 is 39.2 Å². The van der Waals surface area contributed by atoms with Crippen LogP contribution >= 0.6 is 11.3 Å². The monoisotopic (exact) mass is 600 g/mol. The third kappa shape index (κ3) is 4.99. The Kier molecular flexibility index (Phi) is 7.16. The number of para-hydroxylation sites is 1. The summed E-state index contributed by atoms with van der Waals surface area (Å²) in [5.74, 6) is 1.06. The zero-order valence-electron chi connectivity index (χ0n) is 23.2. The minimum Gasteiger partial charge on any atom is -0.497 e. The number of amides is 1. The number of nitrogens with one attached hydrogen (secondary N) is 1. The molecule has 2 aliphatic heterocycles. The number of allylic oxidation sites excluding steroid dienone is 1. The Morgan fingerprint density at radius 1 is 1.12 bits per heavy atom. The molecule has 1 atom stereocenters. The Balaban J connectivity index is 1.56. The predicted octanol–water partition coefficient (Wildman–Crippen LogP) is 3.53. The van der Waals surface area contributed by atoms with Crippen molar-refractivity contribution in [3.63, 3.8) is 0 Å². The van der Waals surface area contributed by atoms with Crippen molar-refractivity contribution in [3.8, 4) is 23.0 Å². The van der Waals surface area contributed by atoms with Crippen LogP contribution in [0, 0.1) is 10.1 Å². The number of nitro groups is 1. The van der Waals surface area contributed by atoms with Crippen LogP contribution in [0.4, 0.5) is 11.4 Å². The molecule has 3 aromatic carbocycles. The van der Waals surface area contributed by atoms with E-state index in [9.17, 15) is 19.7 Å². The maximum absolute atomic E-state index is 14.1. The number of hydrogen-bond acceptors (Lipinski definition) is 10. The maximum atomic E-state index is 14.1. The number of carbonyl (C=O) groups excluding carboxylic acids is 1. The van der Waals surface area contributed by atoms with Gasteiger partial charge in [0.2, 0.25) is 6.79 Å². The fourth-order valence-corrected chi connectivity index (χ4v) is 6.07. The van der Waals surface area contributed by atoms with Gasteiger partial charge in [0.25, 0.3) is 17.2 Å². The molecule has 0 fully saturated rings. The minimum atomic E-state index is -0.935. The number of nitro benzene ring substituents is 1. The molecule has 1 aromatic heterocycles. The van der Waals surface area contributed by atoms with E-state index in [2.05, 4.69) is 10.3 Å². The number of benzene rings is 3. The first-order valence-corrected chi connectivity index (χ1v) is 13.8. The van der Waals surface area contributed by atoms with Crippen molar-refractivity contribution in [2.45, 2.75) is 13.0 Å². The molecule has 0 radical (unpaired) electrons. The van der Waals surface area contributed by atoms with E-state index in [0.29, 0.717) is 39.0 Å². The Morgan fingerprint density at radius 2 is 1.86 bits per heavy atom. The Hall–Kier alpha value is -5.43. The van der Waals surface area contributed by atoms with Crippen LogP contribution in [-0.2, 0) is 4.79 Å². The Morgan fingerprint density at radius 3 is 2.56 bits per heavy atom. The van der Waals surface area contributed by atoms with E-state index in [-0.39, 0.29) is 33.9 Å². The van der Waals surface area contributed by atoms with Crippen LogP contribution in [0.5, 0.6) is 23.0 Å². The van der Waals surface area contributed by atoms with Gasteiger partial charge < -0.3 is 24.3 Å². The summed E-state index contributed by atoms with van der Waals surface area (Å²) in [6.45, 7) is 1.64. The molecule has 4 aromatic rings. The van der Waals surface area contributed by atoms with E-state index in [0.717, 1.165) is 11.3 Å². The summed E-state index contributed by atoms with van der Waals surface area (Å²) in [5, 5.41) is 14.8. The number of rotatable bonds is 7. The summed E-state index contributed by atoms with van der Waals surface area (Å²) < 4.78 is 23.3. The summed E-state index contributed by atoms with van der Waals surface area (Å²) in [7, 11) is 3.01. The second-order valence-corrected chi connectivity index (χ2v) is 10.5. The quantitative estimate of drug-likeness (QED) is 0.251. The molecule has 0 unspecified atom stereocenters. The molecule has 1 amide bonds. The van der Waals surface area contributed by atoms with Crippen molar-refractivity contribution in [3.05, 3.63) is 113 Å². The number of thiazole rings is 1. The van der Waals surface area contributed by atoms with Gasteiger partial charge >= 0.3 is 0 Å². The minimum absolute atomic E-state index is 0.0606. The van der Waals surface area contributed by atoms with E-state index in [1.165, 1.54) is 37.0 Å². The van der Waals surface area contributed by atoms with Gasteiger partial charge in [-0.15, -0.1) is 0 Å². The second-order valence-electron chi connectivity index (χ2n) is 9.53. The molecular formula is C30H24N4O8S. The maximum Gasteiger partial charge on any atom is 0.280 e. The normalized spacial score (nSPS) is 15.5. The molecule has 43 heavy (non-hydrogen) atoms. The van der Waals surface area contributed by atoms with Crippen LogP contribution in [0.1, 0.15) is 24.1 Å². The fourth-order valence-electron chi connectivity index (χ4n) is 5.03. The summed E-state index contributed by atoms with van der Waals surface area (Å²) in [5.41, 5.74) is 1.16. The number of nitrogens with zero attached hydrogens (tertiary/aromatic N) is 3. The Labute approximate surface area is 247 Å². The summed E-state index contributed by atoms with van der Waals surface area (Å²) in [6.07, 6.45) is 1.43. The zero-order chi connectivity index (χ0) is 30.2. The second kappa shape index (κ2) is 11.1. The number of anilines is 1. The highest BCUT2D eigenvalue weighted by atomic mass is 32.1. The highest BCUT2D eigenvalue weighted by Crippen LogP contribution is 2.39. The number of methoxy groups -OCH3 is 2. The molecule has 0 bridgehead atoms. The summed E-state index contributed by atoms with van der Waals surface area (Å²) in [4.78, 5) is 44.2. The van der Waals surface area contributed by atoms with Crippen molar-refractivity contribution >= 4 is 34.7 Å². The largest absolute Gasteiger partial charge is 0.497 e. The molecule has 0 spiro atoms. The average molecular weight is 601 g/mol. The van der Waals surface area contributed by atoms with Crippen LogP contribution in [0.3, 0.4) is 0 Å². The molecule has 0 saturated heterocycles. The predicted molar refractivity (Wildman–Crippen MR) is 158 cm³/mol. The lowest BCUT2D eigenvalue weighted by Gasteiger charge is -2.26. The third-order valence-corrected chi connectivity index (χ3v) is 8.02. The molecule has 218 valence electrons. The number of fused-ring (bicyclic) bond motifs is 2. The van der Waals surface area contributed by atoms with E-state index in [1.807, 2.05) is 6.07 Å². The van der Waals surface area contributed by atoms with Crippen molar-refractivity contribution in [1.82, 2.24) is 4.57 Å². The van der Waals surface area contributed by atoms with E-state index < -0.39 is 22.4 Å². The van der Waals surface area contributed by atoms with Gasteiger partial charge in [0.15, 0.2) is 16.3 Å². The van der Waals surface area contributed by atoms with E-state index in [4.69, 9.17) is 18.9 Å². The number of carbonyl (C=O) groups is 1. The van der Waals surface area contributed by atoms with Gasteiger partial charge in [0.1, 0.15) is 17.5 Å². The molecular weight excluding hydrogens is 576 g/mol. The van der Waals surface area contributed by atoms with Gasteiger partial charge in [-0.2, -0.15) is 0 Å². The number of hydrogen-bond donors (Lipinski definition) is 1. The summed E-state index contributed by atoms with van der Waals surface area (Å²) in [6, 6.07) is 15.9. The van der Waals surface area contributed by atoms with Crippen molar-refractivity contribution < 1.29 is 28.7 Å². The van der Waals surface area contributed by atoms with Gasteiger partial charge in [-0.3, -0.25) is 24.3 Å². The van der Waals surface area contributed by atoms with Crippen molar-refractivity contribution in [2.75, 3.05) is 26.3 Å². The van der Waals surface area contributed by atoms with Gasteiger partial charge in [-0.1, -0.05) is 29.5 Å². The van der Waals surface area contributed by atoms with Gasteiger partial charge in [0, 0.05) is 17.3 Å². The number of ether oxygens (including phenoxy) is 4. The first-order valence-electron chi connectivity index (χ1n) is 13.0. The van der Waals surface area contributed by atoms with Crippen LogP contribution in [0.15, 0.2) is 81.7 Å². The first kappa shape index (κ1) is 27.7. The topological polar surface area (TPSA) is 144 Å². The number of aromatic nitrogens is 1. The lowest BCUT2D eigenvalue weighted by molar-refractivity contribution is -0.385. The molecule has 0 aliphatic carbocycles. The zero-order valence-corrected chi connectivity index (χ0v) is 24.0. The van der Waals surface area contributed by atoms with E-state index >= 15 is 0 Å². The van der Waals surface area contributed by atoms with Gasteiger partial charge in [-0.25, -0.2) is 4.99 Å². The van der Waals surface area contributed by atoms with Crippen LogP contribution in [-0.4, -0.2) is 36.4 Å². The average Bonchev–Trinajstić information content (AvgIpc) is 3.59. The lowest BCUT2D eigenvalue weighted by Crippen LogP contribution is -2.40. The summed E-state index contributed by atoms with van der Waals surface area (Å²) >= 11 is 1.05.